The molecule has 3 saturated heterocycles. The summed E-state index contributed by atoms with van der Waals surface area (Å²) in [6.07, 6.45) is 5.97. The van der Waals surface area contributed by atoms with Crippen molar-refractivity contribution in [1.29, 1.82) is 5.26 Å². The predicted octanol–water partition coefficient (Wildman–Crippen LogP) is 1.63. The van der Waals surface area contributed by atoms with Crippen LogP contribution >= 0.6 is 0 Å². The maximum absolute atomic E-state index is 9.34. The Morgan fingerprint density at radius 3 is 3.11 bits per heavy atom. The summed E-state index contributed by atoms with van der Waals surface area (Å²) in [6.45, 7) is 7.21. The molecule has 1 N–H and O–H groups in total. The van der Waals surface area contributed by atoms with Gasteiger partial charge in [0.25, 0.3) is 0 Å². The zero-order chi connectivity index (χ0) is 19.1. The van der Waals surface area contributed by atoms with E-state index in [0.29, 0.717) is 17.8 Å². The number of nitrogens with one attached hydrogen (secondary N) is 1. The SMILES string of the molecule is C[C@@H]1CN(c2ccc(C#N)n3nccc23)C[C@H](CN2CCCC3NCCC32)O1. The molecule has 0 radical (unpaired) electrons. The van der Waals surface area contributed by atoms with Gasteiger partial charge in [0.2, 0.25) is 0 Å². The minimum atomic E-state index is 0.180. The van der Waals surface area contributed by atoms with E-state index in [1.807, 2.05) is 12.1 Å². The first-order valence-corrected chi connectivity index (χ1v) is 10.5. The number of anilines is 1. The molecule has 3 aliphatic rings. The van der Waals surface area contributed by atoms with Crippen LogP contribution in [0.3, 0.4) is 0 Å². The van der Waals surface area contributed by atoms with E-state index in [0.717, 1.165) is 37.4 Å². The third kappa shape index (κ3) is 3.16. The number of morpholine rings is 1. The fourth-order valence-electron chi connectivity index (χ4n) is 5.35. The van der Waals surface area contributed by atoms with Crippen LogP contribution in [0.25, 0.3) is 5.52 Å². The van der Waals surface area contributed by atoms with E-state index in [1.165, 1.54) is 25.8 Å². The predicted molar refractivity (Wildman–Crippen MR) is 107 cm³/mol. The van der Waals surface area contributed by atoms with Crippen molar-refractivity contribution in [1.82, 2.24) is 19.8 Å². The molecule has 2 aromatic heterocycles. The maximum atomic E-state index is 9.34. The Balaban J connectivity index is 1.36. The minimum absolute atomic E-state index is 0.180. The van der Waals surface area contributed by atoms with Crippen LogP contribution in [0.1, 0.15) is 31.9 Å². The van der Waals surface area contributed by atoms with Crippen molar-refractivity contribution in [3.8, 4) is 6.07 Å². The first kappa shape index (κ1) is 17.9. The highest BCUT2D eigenvalue weighted by molar-refractivity contribution is 5.74. The number of aromatic nitrogens is 2. The molecule has 5 rings (SSSR count). The smallest absolute Gasteiger partial charge is 0.142 e. The summed E-state index contributed by atoms with van der Waals surface area (Å²) in [5.41, 5.74) is 2.69. The highest BCUT2D eigenvalue weighted by Gasteiger charge is 2.37. The van der Waals surface area contributed by atoms with Gasteiger partial charge in [-0.05, 0) is 57.5 Å². The van der Waals surface area contributed by atoms with Crippen molar-refractivity contribution >= 4 is 11.2 Å². The van der Waals surface area contributed by atoms with Gasteiger partial charge >= 0.3 is 0 Å². The minimum Gasteiger partial charge on any atom is -0.370 e. The van der Waals surface area contributed by atoms with E-state index in [4.69, 9.17) is 4.74 Å². The van der Waals surface area contributed by atoms with E-state index >= 15 is 0 Å². The van der Waals surface area contributed by atoms with Gasteiger partial charge in [-0.3, -0.25) is 4.90 Å². The molecule has 0 saturated carbocycles. The molecular weight excluding hydrogens is 352 g/mol. The summed E-state index contributed by atoms with van der Waals surface area (Å²) in [4.78, 5) is 5.06. The first-order valence-electron chi connectivity index (χ1n) is 10.5. The largest absolute Gasteiger partial charge is 0.370 e. The van der Waals surface area contributed by atoms with Gasteiger partial charge < -0.3 is 15.0 Å². The monoisotopic (exact) mass is 380 g/mol. The van der Waals surface area contributed by atoms with E-state index in [9.17, 15) is 5.26 Å². The molecule has 0 amide bonds. The summed E-state index contributed by atoms with van der Waals surface area (Å²) in [5, 5.41) is 17.3. The van der Waals surface area contributed by atoms with Crippen LogP contribution in [0.2, 0.25) is 0 Å². The Kier molecular flexibility index (Phi) is 4.71. The Bertz CT molecular complexity index is 889. The van der Waals surface area contributed by atoms with Crippen LogP contribution in [0, 0.1) is 11.3 Å². The number of rotatable bonds is 3. The molecule has 2 aromatic rings. The Hall–Kier alpha value is -2.14. The van der Waals surface area contributed by atoms with Gasteiger partial charge in [0.05, 0.1) is 29.6 Å². The van der Waals surface area contributed by atoms with Crippen LogP contribution in [0.5, 0.6) is 0 Å². The molecule has 3 aliphatic heterocycles. The van der Waals surface area contributed by atoms with Crippen molar-refractivity contribution in [3.63, 3.8) is 0 Å². The van der Waals surface area contributed by atoms with Gasteiger partial charge in [-0.25, -0.2) is 4.52 Å². The fraction of sp³-hybridized carbons (Fsp3) is 0.619. The average molecular weight is 380 g/mol. The Labute approximate surface area is 165 Å². The van der Waals surface area contributed by atoms with Crippen molar-refractivity contribution < 1.29 is 4.74 Å². The second kappa shape index (κ2) is 7.36. The standard InChI is InChI=1S/C21H28N6O/c1-15-12-26(20-5-4-16(11-22)27-21(20)7-9-24-27)14-17(28-15)13-25-10-2-3-18-19(25)6-8-23-18/h4-5,7,9,15,17-19,23H,2-3,6,8,10,12-14H2,1H3/t15-,17+,18?,19?/m1/s1. The zero-order valence-corrected chi connectivity index (χ0v) is 16.4. The maximum Gasteiger partial charge on any atom is 0.142 e. The molecule has 28 heavy (non-hydrogen) atoms. The number of hydrogen-bond donors (Lipinski definition) is 1. The molecule has 2 unspecified atom stereocenters. The summed E-state index contributed by atoms with van der Waals surface area (Å²) < 4.78 is 8.09. The summed E-state index contributed by atoms with van der Waals surface area (Å²) in [7, 11) is 0. The number of pyridine rings is 1. The lowest BCUT2D eigenvalue weighted by Crippen LogP contribution is -2.55. The second-order valence-corrected chi connectivity index (χ2v) is 8.37. The van der Waals surface area contributed by atoms with Gasteiger partial charge in [-0.15, -0.1) is 0 Å². The molecule has 7 nitrogen and oxygen atoms in total. The van der Waals surface area contributed by atoms with Crippen LogP contribution < -0.4 is 10.2 Å². The highest BCUT2D eigenvalue weighted by Crippen LogP contribution is 2.29. The number of piperidine rings is 1. The van der Waals surface area contributed by atoms with Gasteiger partial charge in [-0.1, -0.05) is 0 Å². The lowest BCUT2D eigenvalue weighted by atomic mass is 9.97. The third-order valence-corrected chi connectivity index (χ3v) is 6.49. The lowest BCUT2D eigenvalue weighted by Gasteiger charge is -2.43. The Morgan fingerprint density at radius 2 is 2.21 bits per heavy atom. The summed E-state index contributed by atoms with van der Waals surface area (Å²) >= 11 is 0. The average Bonchev–Trinajstić information content (AvgIpc) is 3.36. The third-order valence-electron chi connectivity index (χ3n) is 6.49. The molecule has 5 heterocycles. The van der Waals surface area contributed by atoms with Crippen LogP contribution in [-0.2, 0) is 4.74 Å². The van der Waals surface area contributed by atoms with E-state index in [2.05, 4.69) is 39.3 Å². The molecule has 4 atom stereocenters. The molecule has 148 valence electrons. The van der Waals surface area contributed by atoms with Gasteiger partial charge in [-0.2, -0.15) is 10.4 Å². The number of nitrogens with zero attached hydrogens (tertiary/aromatic N) is 5. The molecular formula is C21H28N6O. The number of ether oxygens (including phenoxy) is 1. The number of hydrogen-bond acceptors (Lipinski definition) is 6. The topological polar surface area (TPSA) is 68.8 Å². The normalized spacial score (nSPS) is 31.1. The van der Waals surface area contributed by atoms with Crippen LogP contribution in [0.4, 0.5) is 5.69 Å². The summed E-state index contributed by atoms with van der Waals surface area (Å²) in [6, 6.07) is 9.47. The van der Waals surface area contributed by atoms with Gasteiger partial charge in [0.1, 0.15) is 11.8 Å². The molecule has 3 fully saturated rings. The molecule has 0 spiro atoms. The van der Waals surface area contributed by atoms with Crippen molar-refractivity contribution in [2.24, 2.45) is 0 Å². The van der Waals surface area contributed by atoms with E-state index in [-0.39, 0.29) is 12.2 Å². The van der Waals surface area contributed by atoms with Crippen molar-refractivity contribution in [2.75, 3.05) is 37.6 Å². The number of likely N-dealkylation sites (tertiary alicyclic amines) is 1. The highest BCUT2D eigenvalue weighted by atomic mass is 16.5. The second-order valence-electron chi connectivity index (χ2n) is 8.37. The van der Waals surface area contributed by atoms with E-state index in [1.54, 1.807) is 10.7 Å². The van der Waals surface area contributed by atoms with E-state index < -0.39 is 0 Å². The van der Waals surface area contributed by atoms with Crippen LogP contribution in [-0.4, -0.2) is 71.5 Å². The Morgan fingerprint density at radius 1 is 1.29 bits per heavy atom. The molecule has 0 aromatic carbocycles. The van der Waals surface area contributed by atoms with Crippen LogP contribution in [0.15, 0.2) is 24.4 Å². The summed E-state index contributed by atoms with van der Waals surface area (Å²) in [5.74, 6) is 0. The first-order chi connectivity index (χ1) is 13.7. The molecule has 7 heteroatoms. The van der Waals surface area contributed by atoms with Gasteiger partial charge in [0, 0.05) is 31.7 Å². The molecule has 0 aliphatic carbocycles. The number of fused-ring (bicyclic) bond motifs is 2. The number of nitriles is 1. The van der Waals surface area contributed by atoms with Crippen molar-refractivity contribution in [3.05, 3.63) is 30.1 Å². The zero-order valence-electron chi connectivity index (χ0n) is 16.4. The van der Waals surface area contributed by atoms with Crippen molar-refractivity contribution in [2.45, 2.75) is 50.5 Å². The quantitative estimate of drug-likeness (QED) is 0.873. The van der Waals surface area contributed by atoms with Gasteiger partial charge in [0.15, 0.2) is 0 Å². The lowest BCUT2D eigenvalue weighted by molar-refractivity contribution is -0.0425. The fourth-order valence-corrected chi connectivity index (χ4v) is 5.35. The molecule has 0 bridgehead atoms.